The third-order valence-electron chi connectivity index (χ3n) is 2.49. The molecule has 0 radical (unpaired) electrons. The summed E-state index contributed by atoms with van der Waals surface area (Å²) in [7, 11) is 0. The van der Waals surface area contributed by atoms with Gasteiger partial charge in [-0.2, -0.15) is 13.2 Å². The minimum absolute atomic E-state index is 0.0419. The molecule has 102 valence electrons. The maximum atomic E-state index is 12.5. The molecule has 0 spiro atoms. The predicted molar refractivity (Wildman–Crippen MR) is 63.2 cm³/mol. The maximum Gasteiger partial charge on any atom is 0.433 e. The number of ether oxygens (including phenoxy) is 1. The van der Waals surface area contributed by atoms with E-state index in [4.69, 9.17) is 10.5 Å². The minimum Gasteiger partial charge on any atom is -0.491 e. The molecule has 0 aliphatic rings. The minimum atomic E-state index is -4.49. The highest BCUT2D eigenvalue weighted by molar-refractivity contribution is 5.51. The van der Waals surface area contributed by atoms with Crippen LogP contribution in [0.25, 0.3) is 0 Å². The SMILES string of the molecule is CCCC(C)COc1cc(C(F)(F)F)ncc1N. The first kappa shape index (κ1) is 14.6. The van der Waals surface area contributed by atoms with Gasteiger partial charge in [0, 0.05) is 6.07 Å². The molecule has 1 unspecified atom stereocenters. The van der Waals surface area contributed by atoms with Gasteiger partial charge in [-0.05, 0) is 12.3 Å². The van der Waals surface area contributed by atoms with Crippen LogP contribution in [-0.4, -0.2) is 11.6 Å². The quantitative estimate of drug-likeness (QED) is 0.883. The van der Waals surface area contributed by atoms with Crippen LogP contribution < -0.4 is 10.5 Å². The molecule has 0 saturated heterocycles. The molecule has 18 heavy (non-hydrogen) atoms. The third kappa shape index (κ3) is 4.09. The Morgan fingerprint density at radius 1 is 1.44 bits per heavy atom. The van der Waals surface area contributed by atoms with Crippen molar-refractivity contribution >= 4 is 5.69 Å². The number of rotatable bonds is 5. The first-order valence-electron chi connectivity index (χ1n) is 5.80. The highest BCUT2D eigenvalue weighted by atomic mass is 19.4. The van der Waals surface area contributed by atoms with Crippen molar-refractivity contribution in [2.75, 3.05) is 12.3 Å². The van der Waals surface area contributed by atoms with Gasteiger partial charge in [-0.25, -0.2) is 4.98 Å². The predicted octanol–water partition coefficient (Wildman–Crippen LogP) is 3.50. The van der Waals surface area contributed by atoms with Gasteiger partial charge in [-0.3, -0.25) is 0 Å². The van der Waals surface area contributed by atoms with E-state index in [1.165, 1.54) is 0 Å². The molecule has 0 bridgehead atoms. The first-order valence-corrected chi connectivity index (χ1v) is 5.80. The van der Waals surface area contributed by atoms with Gasteiger partial charge >= 0.3 is 6.18 Å². The van der Waals surface area contributed by atoms with Crippen LogP contribution in [-0.2, 0) is 6.18 Å². The molecule has 1 atom stereocenters. The molecule has 0 amide bonds. The number of aromatic nitrogens is 1. The fraction of sp³-hybridized carbons (Fsp3) is 0.583. The average molecular weight is 262 g/mol. The molecule has 0 aromatic carbocycles. The van der Waals surface area contributed by atoms with E-state index in [1.807, 2.05) is 13.8 Å². The van der Waals surface area contributed by atoms with Gasteiger partial charge < -0.3 is 10.5 Å². The summed E-state index contributed by atoms with van der Waals surface area (Å²) in [6.07, 6.45) is -1.55. The first-order chi connectivity index (χ1) is 8.34. The second-order valence-electron chi connectivity index (χ2n) is 4.31. The molecule has 2 N–H and O–H groups in total. The van der Waals surface area contributed by atoms with Gasteiger partial charge in [0.1, 0.15) is 11.4 Å². The van der Waals surface area contributed by atoms with Crippen LogP contribution in [0.2, 0.25) is 0 Å². The van der Waals surface area contributed by atoms with Crippen LogP contribution in [0.5, 0.6) is 5.75 Å². The van der Waals surface area contributed by atoms with Crippen LogP contribution >= 0.6 is 0 Å². The monoisotopic (exact) mass is 262 g/mol. The van der Waals surface area contributed by atoms with E-state index in [0.29, 0.717) is 6.61 Å². The molecule has 0 aliphatic heterocycles. The van der Waals surface area contributed by atoms with E-state index in [9.17, 15) is 13.2 Å². The van der Waals surface area contributed by atoms with Gasteiger partial charge in [0.25, 0.3) is 0 Å². The summed E-state index contributed by atoms with van der Waals surface area (Å²) >= 11 is 0. The molecule has 0 saturated carbocycles. The van der Waals surface area contributed by atoms with E-state index in [-0.39, 0.29) is 17.4 Å². The molecule has 0 fully saturated rings. The number of hydrogen-bond acceptors (Lipinski definition) is 3. The fourth-order valence-corrected chi connectivity index (χ4v) is 1.54. The molecular weight excluding hydrogens is 245 g/mol. The van der Waals surface area contributed by atoms with Gasteiger partial charge in [0.05, 0.1) is 18.5 Å². The van der Waals surface area contributed by atoms with Crippen molar-refractivity contribution in [2.24, 2.45) is 5.92 Å². The van der Waals surface area contributed by atoms with Crippen LogP contribution in [0.4, 0.5) is 18.9 Å². The van der Waals surface area contributed by atoms with Gasteiger partial charge in [0.15, 0.2) is 0 Å². The van der Waals surface area contributed by atoms with Crippen molar-refractivity contribution in [3.05, 3.63) is 18.0 Å². The molecule has 1 heterocycles. The fourth-order valence-electron chi connectivity index (χ4n) is 1.54. The lowest BCUT2D eigenvalue weighted by Crippen LogP contribution is -2.12. The zero-order valence-electron chi connectivity index (χ0n) is 10.4. The van der Waals surface area contributed by atoms with E-state index in [1.54, 1.807) is 0 Å². The summed E-state index contributed by atoms with van der Waals surface area (Å²) in [5.74, 6) is 0.317. The Bertz CT molecular complexity index is 393. The summed E-state index contributed by atoms with van der Waals surface area (Å²) in [6.45, 7) is 4.37. The number of anilines is 1. The molecule has 1 aromatic heterocycles. The number of nitrogens with zero attached hydrogens (tertiary/aromatic N) is 1. The lowest BCUT2D eigenvalue weighted by molar-refractivity contribution is -0.141. The van der Waals surface area contributed by atoms with Crippen LogP contribution in [0.3, 0.4) is 0 Å². The van der Waals surface area contributed by atoms with Crippen molar-refractivity contribution in [2.45, 2.75) is 32.9 Å². The van der Waals surface area contributed by atoms with Crippen LogP contribution in [0.15, 0.2) is 12.3 Å². The summed E-state index contributed by atoms with van der Waals surface area (Å²) in [5.41, 5.74) is 4.66. The molecular formula is C12H17F3N2O. The third-order valence-corrected chi connectivity index (χ3v) is 2.49. The zero-order chi connectivity index (χ0) is 13.8. The number of nitrogens with two attached hydrogens (primary N) is 1. The number of alkyl halides is 3. The molecule has 0 aliphatic carbocycles. The van der Waals surface area contributed by atoms with Crippen molar-refractivity contribution in [1.82, 2.24) is 4.98 Å². The number of nitrogen functional groups attached to an aromatic ring is 1. The van der Waals surface area contributed by atoms with E-state index in [0.717, 1.165) is 25.1 Å². The standard InChI is InChI=1S/C12H17F3N2O/c1-3-4-8(2)7-18-10-5-11(12(13,14)15)17-6-9(10)16/h5-6,8H,3-4,7,16H2,1-2H3. The van der Waals surface area contributed by atoms with Gasteiger partial charge in [-0.1, -0.05) is 20.3 Å². The van der Waals surface area contributed by atoms with E-state index >= 15 is 0 Å². The Hall–Kier alpha value is -1.46. The number of hydrogen-bond donors (Lipinski definition) is 1. The Labute approximate surface area is 104 Å². The smallest absolute Gasteiger partial charge is 0.433 e. The Morgan fingerprint density at radius 3 is 2.67 bits per heavy atom. The Morgan fingerprint density at radius 2 is 2.11 bits per heavy atom. The summed E-state index contributed by atoms with van der Waals surface area (Å²) < 4.78 is 42.7. The van der Waals surface area contributed by atoms with Crippen molar-refractivity contribution < 1.29 is 17.9 Å². The van der Waals surface area contributed by atoms with Crippen LogP contribution in [0, 0.1) is 5.92 Å². The number of halogens is 3. The molecule has 3 nitrogen and oxygen atoms in total. The average Bonchev–Trinajstić information content (AvgIpc) is 2.26. The summed E-state index contributed by atoms with van der Waals surface area (Å²) in [4.78, 5) is 3.24. The molecule has 1 aromatic rings. The highest BCUT2D eigenvalue weighted by Gasteiger charge is 2.33. The van der Waals surface area contributed by atoms with Gasteiger partial charge in [0.2, 0.25) is 0 Å². The largest absolute Gasteiger partial charge is 0.491 e. The normalized spacial score (nSPS) is 13.4. The second-order valence-corrected chi connectivity index (χ2v) is 4.31. The lowest BCUT2D eigenvalue weighted by Gasteiger charge is -2.14. The Balaban J connectivity index is 2.76. The summed E-state index contributed by atoms with van der Waals surface area (Å²) in [6, 6.07) is 0.841. The molecule has 6 heteroatoms. The Kier molecular flexibility index (Phi) is 4.81. The summed E-state index contributed by atoms with van der Waals surface area (Å²) in [5, 5.41) is 0. The van der Waals surface area contributed by atoms with Crippen molar-refractivity contribution in [3.63, 3.8) is 0 Å². The van der Waals surface area contributed by atoms with Crippen molar-refractivity contribution in [3.8, 4) is 5.75 Å². The van der Waals surface area contributed by atoms with E-state index in [2.05, 4.69) is 4.98 Å². The zero-order valence-corrected chi connectivity index (χ0v) is 10.4. The van der Waals surface area contributed by atoms with Gasteiger partial charge in [-0.15, -0.1) is 0 Å². The second kappa shape index (κ2) is 5.93. The molecule has 1 rings (SSSR count). The maximum absolute atomic E-state index is 12.5. The van der Waals surface area contributed by atoms with Crippen molar-refractivity contribution in [1.29, 1.82) is 0 Å². The van der Waals surface area contributed by atoms with E-state index < -0.39 is 11.9 Å². The number of pyridine rings is 1. The lowest BCUT2D eigenvalue weighted by atomic mass is 10.1. The highest BCUT2D eigenvalue weighted by Crippen LogP contribution is 2.32. The topological polar surface area (TPSA) is 48.1 Å². The van der Waals surface area contributed by atoms with Crippen LogP contribution in [0.1, 0.15) is 32.4 Å².